The van der Waals surface area contributed by atoms with E-state index in [9.17, 15) is 4.79 Å². The van der Waals surface area contributed by atoms with E-state index in [1.165, 1.54) is 23.2 Å². The van der Waals surface area contributed by atoms with Crippen molar-refractivity contribution in [3.63, 3.8) is 0 Å². The number of rotatable bonds is 5. The molecule has 4 rings (SSSR count). The van der Waals surface area contributed by atoms with Gasteiger partial charge in [-0.2, -0.15) is 0 Å². The summed E-state index contributed by atoms with van der Waals surface area (Å²) < 4.78 is 11.8. The number of hydrogen-bond donors (Lipinski definition) is 0. The van der Waals surface area contributed by atoms with Gasteiger partial charge in [-0.1, -0.05) is 36.8 Å². The molecule has 28 heavy (non-hydrogen) atoms. The molecule has 0 spiro atoms. The first-order chi connectivity index (χ1) is 13.5. The van der Waals surface area contributed by atoms with Crippen LogP contribution in [-0.2, 0) is 13.0 Å². The van der Waals surface area contributed by atoms with E-state index in [1.807, 2.05) is 24.4 Å². The van der Waals surface area contributed by atoms with E-state index in [0.29, 0.717) is 28.1 Å². The maximum absolute atomic E-state index is 13.0. The van der Waals surface area contributed by atoms with E-state index in [4.69, 9.17) is 9.15 Å². The fourth-order valence-electron chi connectivity index (χ4n) is 3.08. The molecule has 0 unspecified atom stereocenters. The SMILES string of the molecule is CCc1cc2c(=O)c(-c3nc(C)cs3)coc2cc1OCc1ccc(C)cc1. The molecule has 0 aliphatic rings. The molecule has 0 saturated heterocycles. The highest BCUT2D eigenvalue weighted by atomic mass is 32.1. The molecule has 142 valence electrons. The minimum atomic E-state index is -0.0598. The van der Waals surface area contributed by atoms with E-state index >= 15 is 0 Å². The smallest absolute Gasteiger partial charge is 0.202 e. The number of hydrogen-bond acceptors (Lipinski definition) is 5. The van der Waals surface area contributed by atoms with E-state index in [-0.39, 0.29) is 5.43 Å². The number of ether oxygens (including phenoxy) is 1. The highest BCUT2D eigenvalue weighted by Gasteiger charge is 2.15. The maximum atomic E-state index is 13.0. The third-order valence-corrected chi connectivity index (χ3v) is 5.69. The number of aryl methyl sites for hydroxylation is 3. The molecule has 0 N–H and O–H groups in total. The third kappa shape index (κ3) is 3.58. The Morgan fingerprint density at radius 3 is 2.61 bits per heavy atom. The highest BCUT2D eigenvalue weighted by molar-refractivity contribution is 7.13. The minimum absolute atomic E-state index is 0.0598. The Kier molecular flexibility index (Phi) is 5.01. The molecule has 0 fully saturated rings. The van der Waals surface area contributed by atoms with Gasteiger partial charge < -0.3 is 9.15 Å². The first-order valence-electron chi connectivity index (χ1n) is 9.24. The minimum Gasteiger partial charge on any atom is -0.488 e. The van der Waals surface area contributed by atoms with Gasteiger partial charge in [-0.25, -0.2) is 4.98 Å². The van der Waals surface area contributed by atoms with Crippen LogP contribution in [0.5, 0.6) is 5.75 Å². The molecule has 0 saturated carbocycles. The van der Waals surface area contributed by atoms with Crippen molar-refractivity contribution in [1.29, 1.82) is 0 Å². The zero-order valence-corrected chi connectivity index (χ0v) is 16.9. The topological polar surface area (TPSA) is 52.3 Å². The molecule has 0 radical (unpaired) electrons. The van der Waals surface area contributed by atoms with Crippen LogP contribution in [0.25, 0.3) is 21.5 Å². The average molecular weight is 391 g/mol. The van der Waals surface area contributed by atoms with Crippen molar-refractivity contribution >= 4 is 22.3 Å². The Hall–Kier alpha value is -2.92. The van der Waals surface area contributed by atoms with Crippen molar-refractivity contribution in [3.05, 3.63) is 80.6 Å². The quantitative estimate of drug-likeness (QED) is 0.439. The van der Waals surface area contributed by atoms with Crippen LogP contribution in [0.2, 0.25) is 0 Å². The lowest BCUT2D eigenvalue weighted by Crippen LogP contribution is -2.06. The van der Waals surface area contributed by atoms with Crippen molar-refractivity contribution in [3.8, 4) is 16.3 Å². The molecule has 0 amide bonds. The van der Waals surface area contributed by atoms with Crippen LogP contribution in [0, 0.1) is 13.8 Å². The van der Waals surface area contributed by atoms with Crippen LogP contribution >= 0.6 is 11.3 Å². The normalized spacial score (nSPS) is 11.1. The van der Waals surface area contributed by atoms with Crippen LogP contribution in [0.3, 0.4) is 0 Å². The summed E-state index contributed by atoms with van der Waals surface area (Å²) in [5, 5.41) is 3.18. The molecule has 2 heterocycles. The highest BCUT2D eigenvalue weighted by Crippen LogP contribution is 2.29. The largest absolute Gasteiger partial charge is 0.488 e. The molecular weight excluding hydrogens is 370 g/mol. The molecule has 5 heteroatoms. The van der Waals surface area contributed by atoms with E-state index in [1.54, 1.807) is 0 Å². The lowest BCUT2D eigenvalue weighted by atomic mass is 10.1. The first kappa shape index (κ1) is 18.4. The average Bonchev–Trinajstić information content (AvgIpc) is 3.13. The van der Waals surface area contributed by atoms with Crippen molar-refractivity contribution in [2.24, 2.45) is 0 Å². The van der Waals surface area contributed by atoms with Crippen molar-refractivity contribution < 1.29 is 9.15 Å². The van der Waals surface area contributed by atoms with Gasteiger partial charge in [0.15, 0.2) is 0 Å². The number of benzene rings is 2. The monoisotopic (exact) mass is 391 g/mol. The van der Waals surface area contributed by atoms with Crippen LogP contribution in [0.1, 0.15) is 29.3 Å². The van der Waals surface area contributed by atoms with Crippen molar-refractivity contribution in [2.45, 2.75) is 33.8 Å². The summed E-state index contributed by atoms with van der Waals surface area (Å²) in [6.45, 7) is 6.50. The summed E-state index contributed by atoms with van der Waals surface area (Å²) in [6.07, 6.45) is 2.26. The molecule has 4 nitrogen and oxygen atoms in total. The van der Waals surface area contributed by atoms with Crippen LogP contribution < -0.4 is 10.2 Å². The zero-order chi connectivity index (χ0) is 19.7. The van der Waals surface area contributed by atoms with Gasteiger partial charge >= 0.3 is 0 Å². The lowest BCUT2D eigenvalue weighted by Gasteiger charge is -2.12. The van der Waals surface area contributed by atoms with Gasteiger partial charge in [0.2, 0.25) is 5.43 Å². The van der Waals surface area contributed by atoms with Gasteiger partial charge in [-0.15, -0.1) is 11.3 Å². The summed E-state index contributed by atoms with van der Waals surface area (Å²) in [6, 6.07) is 12.0. The molecule has 0 aliphatic heterocycles. The molecule has 2 aromatic carbocycles. The molecule has 0 atom stereocenters. The van der Waals surface area contributed by atoms with Gasteiger partial charge in [0, 0.05) is 17.1 Å². The standard InChI is InChI=1S/C23H21NO3S/c1-4-17-9-18-21(10-20(17)26-11-16-7-5-14(2)6-8-16)27-12-19(22(18)25)23-24-15(3)13-28-23/h5-10,12-13H,4,11H2,1-3H3. The predicted octanol–water partition coefficient (Wildman–Crippen LogP) is 5.67. The van der Waals surface area contributed by atoms with Gasteiger partial charge in [-0.3, -0.25) is 4.79 Å². The van der Waals surface area contributed by atoms with Gasteiger partial charge in [0.1, 0.15) is 29.2 Å². The number of thiazole rings is 1. The summed E-state index contributed by atoms with van der Waals surface area (Å²) >= 11 is 1.45. The fourth-order valence-corrected chi connectivity index (χ4v) is 3.88. The Morgan fingerprint density at radius 2 is 1.93 bits per heavy atom. The molecule has 0 bridgehead atoms. The number of nitrogens with zero attached hydrogens (tertiary/aromatic N) is 1. The van der Waals surface area contributed by atoms with E-state index in [0.717, 1.165) is 29.0 Å². The molecular formula is C23H21NO3S. The Balaban J connectivity index is 1.71. The molecule has 2 aromatic heterocycles. The van der Waals surface area contributed by atoms with Gasteiger partial charge in [0.05, 0.1) is 10.9 Å². The fraction of sp³-hybridized carbons (Fsp3) is 0.217. The Morgan fingerprint density at radius 1 is 1.14 bits per heavy atom. The summed E-state index contributed by atoms with van der Waals surface area (Å²) in [5.41, 5.74) is 5.17. The number of fused-ring (bicyclic) bond motifs is 1. The first-order valence-corrected chi connectivity index (χ1v) is 10.1. The third-order valence-electron chi connectivity index (χ3n) is 4.70. The Labute approximate surface area is 167 Å². The van der Waals surface area contributed by atoms with Crippen LogP contribution in [0.4, 0.5) is 0 Å². The van der Waals surface area contributed by atoms with Crippen molar-refractivity contribution in [2.75, 3.05) is 0 Å². The summed E-state index contributed by atoms with van der Waals surface area (Å²) in [7, 11) is 0. The summed E-state index contributed by atoms with van der Waals surface area (Å²) in [5.74, 6) is 0.747. The van der Waals surface area contributed by atoms with Crippen LogP contribution in [-0.4, -0.2) is 4.98 Å². The predicted molar refractivity (Wildman–Crippen MR) is 113 cm³/mol. The van der Waals surface area contributed by atoms with Crippen LogP contribution in [0.15, 0.2) is 57.3 Å². The zero-order valence-electron chi connectivity index (χ0n) is 16.1. The van der Waals surface area contributed by atoms with Gasteiger partial charge in [-0.05, 0) is 37.5 Å². The van der Waals surface area contributed by atoms with Gasteiger partial charge in [0.25, 0.3) is 0 Å². The molecule has 4 aromatic rings. The number of aromatic nitrogens is 1. The second-order valence-corrected chi connectivity index (χ2v) is 7.71. The second-order valence-electron chi connectivity index (χ2n) is 6.86. The molecule has 0 aliphatic carbocycles. The maximum Gasteiger partial charge on any atom is 0.202 e. The second kappa shape index (κ2) is 7.60. The summed E-state index contributed by atoms with van der Waals surface area (Å²) in [4.78, 5) is 17.4. The van der Waals surface area contributed by atoms with E-state index < -0.39 is 0 Å². The van der Waals surface area contributed by atoms with Crippen molar-refractivity contribution in [1.82, 2.24) is 4.98 Å². The lowest BCUT2D eigenvalue weighted by molar-refractivity contribution is 0.303. The Bertz CT molecular complexity index is 1190. The van der Waals surface area contributed by atoms with E-state index in [2.05, 4.69) is 43.1 Å².